The largest absolute Gasteiger partial charge is 0.494 e. The lowest BCUT2D eigenvalue weighted by molar-refractivity contribution is -0.114. The third-order valence-corrected chi connectivity index (χ3v) is 6.66. The first-order valence-corrected chi connectivity index (χ1v) is 12.3. The molecule has 10 nitrogen and oxygen atoms in total. The zero-order chi connectivity index (χ0) is 27.5. The summed E-state index contributed by atoms with van der Waals surface area (Å²) < 4.78 is 19.3. The summed E-state index contributed by atoms with van der Waals surface area (Å²) in [5, 5.41) is 16.4. The van der Waals surface area contributed by atoms with Crippen LogP contribution in [-0.2, 0) is 4.79 Å². The number of rotatable bonds is 7. The summed E-state index contributed by atoms with van der Waals surface area (Å²) >= 11 is 0. The SMILES string of the molecule is C=C(F)C(=O)Nc1cc(Nc2ncc(C#N)c(-c3c[nH]c4ccccc34)n2)c(OC)cc1N1CCN(C)CC1. The molecular weight excluding hydrogens is 499 g/mol. The molecule has 0 atom stereocenters. The van der Waals surface area contributed by atoms with Crippen LogP contribution in [-0.4, -0.2) is 66.1 Å². The number of nitrogens with one attached hydrogen (secondary N) is 3. The number of carbonyl (C=O) groups is 1. The Morgan fingerprint density at radius 3 is 2.69 bits per heavy atom. The number of benzene rings is 2. The van der Waals surface area contributed by atoms with Gasteiger partial charge in [-0.3, -0.25) is 4.79 Å². The predicted molar refractivity (Wildman–Crippen MR) is 149 cm³/mol. The maximum Gasteiger partial charge on any atom is 0.283 e. The lowest BCUT2D eigenvalue weighted by Gasteiger charge is -2.35. The molecule has 3 heterocycles. The molecule has 39 heavy (non-hydrogen) atoms. The third-order valence-electron chi connectivity index (χ3n) is 6.66. The van der Waals surface area contributed by atoms with E-state index in [-0.39, 0.29) is 5.95 Å². The van der Waals surface area contributed by atoms with E-state index in [1.807, 2.05) is 31.3 Å². The first-order chi connectivity index (χ1) is 18.9. The van der Waals surface area contributed by atoms with Crippen molar-refractivity contribution in [2.24, 2.45) is 0 Å². The van der Waals surface area contributed by atoms with E-state index in [1.165, 1.54) is 13.3 Å². The summed E-state index contributed by atoms with van der Waals surface area (Å²) in [7, 11) is 3.58. The highest BCUT2D eigenvalue weighted by Crippen LogP contribution is 2.39. The molecule has 4 aromatic rings. The number of fused-ring (bicyclic) bond motifs is 1. The second-order valence-electron chi connectivity index (χ2n) is 9.16. The van der Waals surface area contributed by atoms with Gasteiger partial charge in [0.25, 0.3) is 5.91 Å². The second-order valence-corrected chi connectivity index (χ2v) is 9.16. The van der Waals surface area contributed by atoms with Crippen LogP contribution in [0.5, 0.6) is 5.75 Å². The Morgan fingerprint density at radius 1 is 1.21 bits per heavy atom. The van der Waals surface area contributed by atoms with Gasteiger partial charge in [0.05, 0.1) is 41.6 Å². The van der Waals surface area contributed by atoms with Gasteiger partial charge in [-0.25, -0.2) is 14.4 Å². The quantitative estimate of drug-likeness (QED) is 0.303. The molecule has 0 spiro atoms. The number of piperazine rings is 1. The van der Waals surface area contributed by atoms with Crippen molar-refractivity contribution < 1.29 is 13.9 Å². The molecule has 3 N–H and O–H groups in total. The summed E-state index contributed by atoms with van der Waals surface area (Å²) in [6.45, 7) is 6.22. The van der Waals surface area contributed by atoms with E-state index in [9.17, 15) is 14.4 Å². The molecular formula is C28H27FN8O2. The van der Waals surface area contributed by atoms with Crippen molar-refractivity contribution >= 4 is 39.8 Å². The number of hydrogen-bond acceptors (Lipinski definition) is 8. The van der Waals surface area contributed by atoms with Crippen molar-refractivity contribution in [2.45, 2.75) is 0 Å². The van der Waals surface area contributed by atoms with Crippen molar-refractivity contribution in [3.05, 3.63) is 66.8 Å². The number of halogens is 1. The van der Waals surface area contributed by atoms with Gasteiger partial charge in [0.2, 0.25) is 5.95 Å². The van der Waals surface area contributed by atoms with Crippen molar-refractivity contribution in [1.29, 1.82) is 5.26 Å². The van der Waals surface area contributed by atoms with E-state index in [1.54, 1.807) is 18.3 Å². The summed E-state index contributed by atoms with van der Waals surface area (Å²) in [5.41, 5.74) is 3.99. The van der Waals surface area contributed by atoms with Crippen LogP contribution in [0.25, 0.3) is 22.2 Å². The number of methoxy groups -OCH3 is 1. The summed E-state index contributed by atoms with van der Waals surface area (Å²) in [5.74, 6) is -1.34. The number of anilines is 4. The fourth-order valence-corrected chi connectivity index (χ4v) is 4.55. The third kappa shape index (κ3) is 5.23. The van der Waals surface area contributed by atoms with Crippen molar-refractivity contribution in [3.8, 4) is 23.1 Å². The average Bonchev–Trinajstić information content (AvgIpc) is 3.38. The predicted octanol–water partition coefficient (Wildman–Crippen LogP) is 4.42. The number of likely N-dealkylation sites (N-methyl/N-ethyl adjacent to an activating group) is 1. The summed E-state index contributed by atoms with van der Waals surface area (Å²) in [4.78, 5) is 28.7. The monoisotopic (exact) mass is 526 g/mol. The number of ether oxygens (including phenoxy) is 1. The number of aromatic nitrogens is 3. The van der Waals surface area contributed by atoms with Crippen LogP contribution >= 0.6 is 0 Å². The van der Waals surface area contributed by atoms with Gasteiger partial charge in [0.1, 0.15) is 11.8 Å². The number of H-pyrrole nitrogens is 1. The van der Waals surface area contributed by atoms with Crippen molar-refractivity contribution in [2.75, 3.05) is 55.9 Å². The molecule has 11 heteroatoms. The van der Waals surface area contributed by atoms with Crippen LogP contribution in [0.2, 0.25) is 0 Å². The number of carbonyl (C=O) groups excluding carboxylic acids is 1. The van der Waals surface area contributed by atoms with E-state index >= 15 is 0 Å². The van der Waals surface area contributed by atoms with E-state index < -0.39 is 11.7 Å². The Hall–Kier alpha value is -4.95. The average molecular weight is 527 g/mol. The fourth-order valence-electron chi connectivity index (χ4n) is 4.55. The number of nitrogens with zero attached hydrogens (tertiary/aromatic N) is 5. The molecule has 0 aliphatic carbocycles. The van der Waals surface area contributed by atoms with E-state index in [0.29, 0.717) is 34.1 Å². The number of nitriles is 1. The Labute approximate surface area is 224 Å². The number of hydrogen-bond donors (Lipinski definition) is 3. The molecule has 2 aromatic carbocycles. The highest BCUT2D eigenvalue weighted by atomic mass is 19.1. The standard InChI is InChI=1S/C28H27FN8O2/c1-17(29)27(38)33-22-12-23(25(39-3)13-24(22)37-10-8-36(2)9-11-37)34-28-32-15-18(14-30)26(35-28)20-16-31-21-7-5-4-6-19(20)21/h4-7,12-13,15-16,31H,1,8-11H2,2-3H3,(H,33,38)(H,32,34,35). The smallest absolute Gasteiger partial charge is 0.283 e. The van der Waals surface area contributed by atoms with Crippen LogP contribution in [0, 0.1) is 11.3 Å². The molecule has 1 fully saturated rings. The summed E-state index contributed by atoms with van der Waals surface area (Å²) in [6.07, 6.45) is 3.26. The normalized spacial score (nSPS) is 13.6. The van der Waals surface area contributed by atoms with Crippen LogP contribution in [0.3, 0.4) is 0 Å². The number of amides is 1. The zero-order valence-electron chi connectivity index (χ0n) is 21.6. The van der Waals surface area contributed by atoms with Crippen molar-refractivity contribution in [1.82, 2.24) is 19.9 Å². The molecule has 198 valence electrons. The van der Waals surface area contributed by atoms with Crippen LogP contribution in [0.4, 0.5) is 27.4 Å². The molecule has 1 aliphatic rings. The van der Waals surface area contributed by atoms with Crippen molar-refractivity contribution in [3.63, 3.8) is 0 Å². The Kier molecular flexibility index (Phi) is 7.12. The minimum atomic E-state index is -1.09. The fraction of sp³-hybridized carbons (Fsp3) is 0.214. The van der Waals surface area contributed by atoms with Gasteiger partial charge in [-0.05, 0) is 19.2 Å². The molecule has 0 unspecified atom stereocenters. The van der Waals surface area contributed by atoms with Crippen LogP contribution < -0.4 is 20.3 Å². The number of para-hydroxylation sites is 1. The lowest BCUT2D eigenvalue weighted by atomic mass is 10.1. The highest BCUT2D eigenvalue weighted by molar-refractivity contribution is 6.04. The Morgan fingerprint density at radius 2 is 1.97 bits per heavy atom. The molecule has 1 amide bonds. The van der Waals surface area contributed by atoms with Gasteiger partial charge < -0.3 is 30.2 Å². The van der Waals surface area contributed by atoms with Gasteiger partial charge in [-0.1, -0.05) is 24.8 Å². The maximum absolute atomic E-state index is 13.6. The van der Waals surface area contributed by atoms with Crippen LogP contribution in [0.15, 0.2) is 61.2 Å². The van der Waals surface area contributed by atoms with Gasteiger partial charge in [-0.2, -0.15) is 5.26 Å². The van der Waals surface area contributed by atoms with Gasteiger partial charge >= 0.3 is 0 Å². The lowest BCUT2D eigenvalue weighted by Crippen LogP contribution is -2.44. The Balaban J connectivity index is 1.55. The molecule has 0 radical (unpaired) electrons. The molecule has 0 saturated carbocycles. The van der Waals surface area contributed by atoms with Gasteiger partial charge in [0.15, 0.2) is 5.83 Å². The highest BCUT2D eigenvalue weighted by Gasteiger charge is 2.22. The molecule has 5 rings (SSSR count). The van der Waals surface area contributed by atoms with E-state index in [2.05, 4.69) is 48.0 Å². The molecule has 1 aliphatic heterocycles. The topological polar surface area (TPSA) is 122 Å². The minimum Gasteiger partial charge on any atom is -0.494 e. The first kappa shape index (κ1) is 25.7. The molecule has 1 saturated heterocycles. The second kappa shape index (κ2) is 10.8. The minimum absolute atomic E-state index is 0.215. The van der Waals surface area contributed by atoms with Gasteiger partial charge in [-0.15, -0.1) is 0 Å². The molecule has 2 aromatic heterocycles. The summed E-state index contributed by atoms with van der Waals surface area (Å²) in [6, 6.07) is 13.3. The Bertz CT molecular complexity index is 1600. The van der Waals surface area contributed by atoms with Crippen LogP contribution in [0.1, 0.15) is 5.56 Å². The zero-order valence-corrected chi connectivity index (χ0v) is 21.6. The molecule has 0 bridgehead atoms. The van der Waals surface area contributed by atoms with E-state index in [0.717, 1.165) is 42.6 Å². The maximum atomic E-state index is 13.6. The van der Waals surface area contributed by atoms with E-state index in [4.69, 9.17) is 4.74 Å². The first-order valence-electron chi connectivity index (χ1n) is 12.3. The van der Waals surface area contributed by atoms with Gasteiger partial charge in [0, 0.05) is 54.9 Å². The number of aromatic amines is 1.